The summed E-state index contributed by atoms with van der Waals surface area (Å²) in [6.07, 6.45) is 0. The molecule has 36 heavy (non-hydrogen) atoms. The second kappa shape index (κ2) is 9.32. The summed E-state index contributed by atoms with van der Waals surface area (Å²) in [5, 5.41) is 31.3. The molecule has 3 aromatic rings. The van der Waals surface area contributed by atoms with Crippen molar-refractivity contribution in [1.29, 1.82) is 0 Å². The molecule has 3 aromatic carbocycles. The number of hydrogen-bond acceptors (Lipinski definition) is 10. The van der Waals surface area contributed by atoms with Crippen molar-refractivity contribution >= 4 is 50.2 Å². The summed E-state index contributed by atoms with van der Waals surface area (Å²) in [5.41, 5.74) is 2.96. The fraction of sp³-hybridized carbons (Fsp3) is 0. The van der Waals surface area contributed by atoms with Crippen LogP contribution in [0.15, 0.2) is 87.9 Å². The molecule has 0 atom stereocenters. The molecular weight excluding hydrogens is 496 g/mol. The van der Waals surface area contributed by atoms with E-state index >= 15 is 0 Å². The van der Waals surface area contributed by atoms with Gasteiger partial charge in [-0.15, -0.1) is 0 Å². The van der Waals surface area contributed by atoms with E-state index in [9.17, 15) is 33.4 Å². The largest absolute Gasteiger partial charge is 0.301 e. The Labute approximate surface area is 202 Å². The number of benzene rings is 3. The van der Waals surface area contributed by atoms with Crippen LogP contribution in [0, 0.1) is 20.2 Å². The van der Waals surface area contributed by atoms with Gasteiger partial charge in [0.25, 0.3) is 21.5 Å². The molecule has 1 amide bonds. The van der Waals surface area contributed by atoms with Crippen LogP contribution in [0.4, 0.5) is 22.7 Å². The highest BCUT2D eigenvalue weighted by molar-refractivity contribution is 7.85. The zero-order chi connectivity index (χ0) is 26.0. The van der Waals surface area contributed by atoms with Gasteiger partial charge in [0.05, 0.1) is 26.1 Å². The quantitative estimate of drug-likeness (QED) is 0.272. The Morgan fingerprint density at radius 2 is 1.39 bits per heavy atom. The van der Waals surface area contributed by atoms with Crippen molar-refractivity contribution in [2.45, 2.75) is 4.90 Å². The molecule has 0 spiro atoms. The lowest BCUT2D eigenvalue weighted by Crippen LogP contribution is -2.28. The summed E-state index contributed by atoms with van der Waals surface area (Å²) in [4.78, 5) is 33.6. The van der Waals surface area contributed by atoms with E-state index in [2.05, 4.69) is 15.6 Å². The monoisotopic (exact) mass is 510 g/mol. The van der Waals surface area contributed by atoms with Gasteiger partial charge in [-0.1, -0.05) is 0 Å². The molecule has 0 bridgehead atoms. The molecule has 0 radical (unpaired) electrons. The van der Waals surface area contributed by atoms with E-state index in [0.717, 1.165) is 17.1 Å². The zero-order valence-corrected chi connectivity index (χ0v) is 18.7. The van der Waals surface area contributed by atoms with E-state index in [1.807, 2.05) is 0 Å². The van der Waals surface area contributed by atoms with Crippen LogP contribution in [0.1, 0.15) is 5.56 Å². The maximum atomic E-state index is 13.2. The molecule has 0 unspecified atom stereocenters. The molecule has 2 N–H and O–H groups in total. The number of hydrogen-bond donors (Lipinski definition) is 2. The molecule has 0 saturated heterocycles. The van der Waals surface area contributed by atoms with Gasteiger partial charge in [0.1, 0.15) is 5.71 Å². The number of carbonyl (C=O) groups excluding carboxylic acids is 1. The number of nitro groups is 2. The van der Waals surface area contributed by atoms with Crippen molar-refractivity contribution < 1.29 is 27.6 Å². The number of carbonyl (C=O) groups is 1. The fourth-order valence-corrected chi connectivity index (χ4v) is 3.62. The predicted octanol–water partition coefficient (Wildman–Crippen LogP) is 2.97. The van der Waals surface area contributed by atoms with Crippen molar-refractivity contribution in [1.82, 2.24) is 0 Å². The van der Waals surface area contributed by atoms with Gasteiger partial charge in [-0.25, -0.2) is 0 Å². The SMILES string of the molecule is O=C1/C(=N\Nc2ccc(S(=O)(=O)O)cc2)C(c2ccc([N+](=O)[O-])cc2)=NN1c1ccc([N+](=O)[O-])cc1. The molecule has 0 saturated carbocycles. The van der Waals surface area contributed by atoms with Crippen molar-refractivity contribution in [3.63, 3.8) is 0 Å². The normalized spacial score (nSPS) is 14.6. The van der Waals surface area contributed by atoms with Crippen molar-refractivity contribution in [2.24, 2.45) is 10.2 Å². The van der Waals surface area contributed by atoms with Crippen LogP contribution in [-0.4, -0.2) is 40.1 Å². The molecule has 15 heteroatoms. The van der Waals surface area contributed by atoms with Crippen molar-refractivity contribution in [2.75, 3.05) is 10.4 Å². The molecule has 1 aliphatic heterocycles. The molecule has 182 valence electrons. The Balaban J connectivity index is 1.71. The first-order valence-electron chi connectivity index (χ1n) is 9.88. The average molecular weight is 510 g/mol. The molecule has 4 rings (SSSR count). The van der Waals surface area contributed by atoms with Gasteiger partial charge in [0.15, 0.2) is 5.71 Å². The van der Waals surface area contributed by atoms with Gasteiger partial charge in [0.2, 0.25) is 0 Å². The van der Waals surface area contributed by atoms with Crippen molar-refractivity contribution in [3.05, 3.63) is 98.6 Å². The zero-order valence-electron chi connectivity index (χ0n) is 17.9. The second-order valence-corrected chi connectivity index (χ2v) is 8.64. The Hall–Kier alpha value is -5.02. The van der Waals surface area contributed by atoms with Gasteiger partial charge < -0.3 is 0 Å². The number of non-ortho nitro benzene ring substituents is 2. The van der Waals surface area contributed by atoms with E-state index in [4.69, 9.17) is 4.55 Å². The Morgan fingerprint density at radius 3 is 1.89 bits per heavy atom. The summed E-state index contributed by atoms with van der Waals surface area (Å²) in [7, 11) is -4.39. The van der Waals surface area contributed by atoms with E-state index in [1.165, 1.54) is 60.7 Å². The minimum Gasteiger partial charge on any atom is -0.282 e. The summed E-state index contributed by atoms with van der Waals surface area (Å²) in [6, 6.07) is 15.2. The fourth-order valence-electron chi connectivity index (χ4n) is 3.14. The van der Waals surface area contributed by atoms with Crippen LogP contribution in [0.3, 0.4) is 0 Å². The molecule has 0 aliphatic carbocycles. The predicted molar refractivity (Wildman–Crippen MR) is 128 cm³/mol. The standard InChI is InChI=1S/C21H14N6O8S/c28-21-20(23-22-14-3-11-18(12-4-14)36(33,34)35)19(13-1-5-16(6-2-13)26(29)30)24-25(21)15-7-9-17(10-8-15)27(31)32/h1-12,22H,(H,33,34,35)/b23-20-. The van der Waals surface area contributed by atoms with Gasteiger partial charge in [-0.3, -0.25) is 35.0 Å². The number of rotatable bonds is 7. The first-order valence-corrected chi connectivity index (χ1v) is 11.3. The third kappa shape index (κ3) is 4.91. The van der Waals surface area contributed by atoms with Crippen LogP contribution >= 0.6 is 0 Å². The third-order valence-corrected chi connectivity index (χ3v) is 5.79. The lowest BCUT2D eigenvalue weighted by Gasteiger charge is -2.10. The number of nitrogens with one attached hydrogen (secondary N) is 1. The lowest BCUT2D eigenvalue weighted by atomic mass is 10.1. The first kappa shape index (κ1) is 24.1. The highest BCUT2D eigenvalue weighted by Gasteiger charge is 2.34. The Morgan fingerprint density at radius 1 is 0.861 bits per heavy atom. The number of nitro benzene ring substituents is 2. The van der Waals surface area contributed by atoms with Gasteiger partial charge in [-0.2, -0.15) is 23.6 Å². The molecular formula is C21H14N6O8S. The summed E-state index contributed by atoms with van der Waals surface area (Å²) >= 11 is 0. The highest BCUT2D eigenvalue weighted by Crippen LogP contribution is 2.25. The second-order valence-electron chi connectivity index (χ2n) is 7.21. The summed E-state index contributed by atoms with van der Waals surface area (Å²) in [6.45, 7) is 0. The van der Waals surface area contributed by atoms with Gasteiger partial charge in [0, 0.05) is 29.8 Å². The maximum Gasteiger partial charge on any atom is 0.301 e. The van der Waals surface area contributed by atoms with E-state index < -0.39 is 25.9 Å². The summed E-state index contributed by atoms with van der Waals surface area (Å²) < 4.78 is 31.5. The van der Waals surface area contributed by atoms with Crippen LogP contribution in [0.25, 0.3) is 0 Å². The van der Waals surface area contributed by atoms with Crippen LogP contribution in [0.5, 0.6) is 0 Å². The first-order chi connectivity index (χ1) is 17.0. The number of nitrogens with zero attached hydrogens (tertiary/aromatic N) is 5. The topological polar surface area (TPSA) is 198 Å². The molecule has 0 aromatic heterocycles. The Bertz CT molecular complexity index is 1530. The maximum absolute atomic E-state index is 13.2. The number of anilines is 2. The Kier molecular flexibility index (Phi) is 6.24. The van der Waals surface area contributed by atoms with Crippen molar-refractivity contribution in [3.8, 4) is 0 Å². The van der Waals surface area contributed by atoms with E-state index in [-0.39, 0.29) is 39.1 Å². The van der Waals surface area contributed by atoms with Crippen LogP contribution in [0.2, 0.25) is 0 Å². The van der Waals surface area contributed by atoms with Crippen LogP contribution in [-0.2, 0) is 14.9 Å². The summed E-state index contributed by atoms with van der Waals surface area (Å²) in [5.74, 6) is -0.695. The third-order valence-electron chi connectivity index (χ3n) is 4.92. The van der Waals surface area contributed by atoms with Crippen LogP contribution < -0.4 is 10.4 Å². The minimum absolute atomic E-state index is 0.0651. The lowest BCUT2D eigenvalue weighted by molar-refractivity contribution is -0.385. The number of amides is 1. The molecule has 1 heterocycles. The van der Waals surface area contributed by atoms with E-state index in [1.54, 1.807) is 0 Å². The molecule has 1 aliphatic rings. The molecule has 14 nitrogen and oxygen atoms in total. The number of hydrazone groups is 2. The van der Waals surface area contributed by atoms with Gasteiger partial charge in [-0.05, 0) is 48.5 Å². The van der Waals surface area contributed by atoms with Gasteiger partial charge >= 0.3 is 5.91 Å². The average Bonchev–Trinajstić information content (AvgIpc) is 3.18. The smallest absolute Gasteiger partial charge is 0.282 e. The molecule has 0 fully saturated rings. The van der Waals surface area contributed by atoms with E-state index in [0.29, 0.717) is 5.56 Å². The minimum atomic E-state index is -4.39. The highest BCUT2D eigenvalue weighted by atomic mass is 32.2.